The van der Waals surface area contributed by atoms with Crippen LogP contribution in [0, 0.1) is 17.8 Å². The minimum Gasteiger partial charge on any atom is -0.383 e. The fraction of sp³-hybridized carbons (Fsp3) is 0.529. The molecule has 3 N–H and O–H groups in total. The van der Waals surface area contributed by atoms with Crippen molar-refractivity contribution in [2.24, 2.45) is 5.92 Å². The normalized spacial score (nSPS) is 15.0. The van der Waals surface area contributed by atoms with Crippen molar-refractivity contribution in [1.82, 2.24) is 39.8 Å². The zero-order valence-electron chi connectivity index (χ0n) is 28.1. The molecule has 0 saturated carbocycles. The summed E-state index contributed by atoms with van der Waals surface area (Å²) in [5, 5.41) is 15.0. The van der Waals surface area contributed by atoms with Gasteiger partial charge in [0.2, 0.25) is 17.8 Å². The molecule has 1 atom stereocenters. The molecule has 0 bridgehead atoms. The highest BCUT2D eigenvalue weighted by atomic mass is 16.5. The first-order chi connectivity index (χ1) is 22.9. The first-order valence-corrected chi connectivity index (χ1v) is 16.4. The molecule has 13 heteroatoms. The third-order valence-corrected chi connectivity index (χ3v) is 7.71. The molecule has 0 spiro atoms. The number of ether oxygens (including phenoxy) is 1. The summed E-state index contributed by atoms with van der Waals surface area (Å²) in [6.07, 6.45) is 13.4. The van der Waals surface area contributed by atoms with Crippen LogP contribution in [0.4, 0.5) is 17.5 Å². The fourth-order valence-corrected chi connectivity index (χ4v) is 5.16. The van der Waals surface area contributed by atoms with Gasteiger partial charge < -0.3 is 30.5 Å². The predicted octanol–water partition coefficient (Wildman–Crippen LogP) is 3.43. The van der Waals surface area contributed by atoms with Gasteiger partial charge in [0.05, 0.1) is 43.0 Å². The number of unbranched alkanes of at least 4 members (excludes halogenated alkanes) is 1. The van der Waals surface area contributed by atoms with E-state index in [-0.39, 0.29) is 17.7 Å². The Bertz CT molecular complexity index is 1560. The Morgan fingerprint density at radius 1 is 1.15 bits per heavy atom. The average Bonchev–Trinajstić information content (AvgIpc) is 3.29. The van der Waals surface area contributed by atoms with Gasteiger partial charge in [0.15, 0.2) is 5.65 Å². The molecule has 1 fully saturated rings. The third kappa shape index (κ3) is 11.0. The molecular formula is C34H48N10O3. The topological polar surface area (TPSA) is 142 Å². The van der Waals surface area contributed by atoms with Crippen LogP contribution in [0.3, 0.4) is 0 Å². The molecule has 13 nitrogen and oxygen atoms in total. The van der Waals surface area contributed by atoms with E-state index >= 15 is 0 Å². The molecule has 4 heterocycles. The maximum atomic E-state index is 12.8. The van der Waals surface area contributed by atoms with Crippen LogP contribution in [-0.4, -0.2) is 107 Å². The van der Waals surface area contributed by atoms with E-state index < -0.39 is 0 Å². The van der Waals surface area contributed by atoms with Gasteiger partial charge in [-0.2, -0.15) is 10.1 Å². The average molecular weight is 645 g/mol. The van der Waals surface area contributed by atoms with Gasteiger partial charge in [0, 0.05) is 63.6 Å². The summed E-state index contributed by atoms with van der Waals surface area (Å²) in [4.78, 5) is 42.9. The van der Waals surface area contributed by atoms with Crippen molar-refractivity contribution in [2.75, 3.05) is 71.2 Å². The zero-order chi connectivity index (χ0) is 33.4. The molecule has 2 amide bonds. The fourth-order valence-electron chi connectivity index (χ4n) is 5.16. The van der Waals surface area contributed by atoms with Gasteiger partial charge in [-0.05, 0) is 52.3 Å². The number of amides is 2. The molecule has 3 aromatic rings. The Hall–Kier alpha value is -4.54. The Morgan fingerprint density at radius 3 is 2.83 bits per heavy atom. The third-order valence-electron chi connectivity index (χ3n) is 7.71. The Kier molecular flexibility index (Phi) is 14.0. The van der Waals surface area contributed by atoms with Crippen molar-refractivity contribution in [1.29, 1.82) is 0 Å². The van der Waals surface area contributed by atoms with E-state index in [0.29, 0.717) is 57.4 Å². The lowest BCUT2D eigenvalue weighted by atomic mass is 10.00. The number of pyridine rings is 1. The highest BCUT2D eigenvalue weighted by Gasteiger charge is 2.24. The molecular weight excluding hydrogens is 596 g/mol. The molecule has 1 aliphatic rings. The molecule has 1 saturated heterocycles. The highest BCUT2D eigenvalue weighted by Crippen LogP contribution is 2.21. The van der Waals surface area contributed by atoms with Crippen molar-refractivity contribution in [3.63, 3.8) is 0 Å². The Balaban J connectivity index is 1.25. The van der Waals surface area contributed by atoms with Crippen LogP contribution in [0.15, 0.2) is 36.8 Å². The number of carbonyl (C=O) groups excluding carboxylic acids is 2. The van der Waals surface area contributed by atoms with Gasteiger partial charge >= 0.3 is 0 Å². The quantitative estimate of drug-likeness (QED) is 0.128. The van der Waals surface area contributed by atoms with Crippen LogP contribution in [0.25, 0.3) is 11.0 Å². The van der Waals surface area contributed by atoms with Crippen molar-refractivity contribution in [2.45, 2.75) is 52.0 Å². The van der Waals surface area contributed by atoms with E-state index in [1.807, 2.05) is 40.7 Å². The summed E-state index contributed by atoms with van der Waals surface area (Å²) < 4.78 is 6.97. The van der Waals surface area contributed by atoms with E-state index in [2.05, 4.69) is 54.8 Å². The molecule has 0 aromatic carbocycles. The van der Waals surface area contributed by atoms with E-state index in [1.54, 1.807) is 31.8 Å². The van der Waals surface area contributed by atoms with E-state index in [9.17, 15) is 9.59 Å². The number of nitrogens with zero attached hydrogens (tertiary/aromatic N) is 7. The highest BCUT2D eigenvalue weighted by molar-refractivity contribution is 5.87. The van der Waals surface area contributed by atoms with Crippen LogP contribution >= 0.6 is 0 Å². The lowest BCUT2D eigenvalue weighted by molar-refractivity contribution is -0.127. The maximum absolute atomic E-state index is 12.8. The van der Waals surface area contributed by atoms with Crippen molar-refractivity contribution >= 4 is 40.3 Å². The van der Waals surface area contributed by atoms with Gasteiger partial charge in [-0.3, -0.25) is 9.59 Å². The molecule has 47 heavy (non-hydrogen) atoms. The van der Waals surface area contributed by atoms with E-state index in [0.717, 1.165) is 61.1 Å². The van der Waals surface area contributed by atoms with Gasteiger partial charge in [0.25, 0.3) is 0 Å². The van der Waals surface area contributed by atoms with Crippen molar-refractivity contribution < 1.29 is 14.3 Å². The number of hydrogen-bond donors (Lipinski definition) is 3. The largest absolute Gasteiger partial charge is 0.383 e. The Labute approximate surface area is 277 Å². The number of hydrogen-bond acceptors (Lipinski definition) is 10. The van der Waals surface area contributed by atoms with Gasteiger partial charge in [0.1, 0.15) is 5.82 Å². The summed E-state index contributed by atoms with van der Waals surface area (Å²) >= 11 is 0. The number of nitrogens with one attached hydrogen (secondary N) is 3. The van der Waals surface area contributed by atoms with Crippen LogP contribution in [0.1, 0.15) is 51.0 Å². The predicted molar refractivity (Wildman–Crippen MR) is 184 cm³/mol. The number of anilines is 3. The second-order valence-electron chi connectivity index (χ2n) is 11.8. The lowest BCUT2D eigenvalue weighted by Crippen LogP contribution is -2.33. The summed E-state index contributed by atoms with van der Waals surface area (Å²) in [6, 6.07) is 1.96. The SMILES string of the molecule is CCCNc1nc(Nc2cnc3c(cnn3CCOC)c2)ncc1C#CCCCNC(=O)[C@H]1CCCN(C(=O)/C=C/CN(C)C)CC1. The number of likely N-dealkylation sites (N-methyl/N-ethyl adjacent to an activating group) is 1. The summed E-state index contributed by atoms with van der Waals surface area (Å²) in [7, 11) is 5.60. The van der Waals surface area contributed by atoms with Crippen LogP contribution in [0.2, 0.25) is 0 Å². The molecule has 0 unspecified atom stereocenters. The molecule has 1 aliphatic heterocycles. The minimum absolute atomic E-state index is 0.0217. The maximum Gasteiger partial charge on any atom is 0.246 e. The lowest BCUT2D eigenvalue weighted by Gasteiger charge is -2.19. The smallest absolute Gasteiger partial charge is 0.246 e. The number of aromatic nitrogens is 5. The molecule has 0 radical (unpaired) electrons. The molecule has 252 valence electrons. The molecule has 4 rings (SSSR count). The summed E-state index contributed by atoms with van der Waals surface area (Å²) in [5.41, 5.74) is 2.26. The Morgan fingerprint density at radius 2 is 2.02 bits per heavy atom. The molecule has 3 aromatic heterocycles. The van der Waals surface area contributed by atoms with E-state index in [1.165, 1.54) is 0 Å². The van der Waals surface area contributed by atoms with Crippen LogP contribution < -0.4 is 16.0 Å². The zero-order valence-corrected chi connectivity index (χ0v) is 28.1. The number of fused-ring (bicyclic) bond motifs is 1. The summed E-state index contributed by atoms with van der Waals surface area (Å²) in [5.74, 6) is 7.52. The van der Waals surface area contributed by atoms with Gasteiger partial charge in [-0.1, -0.05) is 24.8 Å². The molecule has 0 aliphatic carbocycles. The number of methoxy groups -OCH3 is 1. The number of rotatable bonds is 15. The van der Waals surface area contributed by atoms with Crippen LogP contribution in [-0.2, 0) is 20.9 Å². The van der Waals surface area contributed by atoms with Crippen molar-refractivity contribution in [3.8, 4) is 11.8 Å². The summed E-state index contributed by atoms with van der Waals surface area (Å²) in [6.45, 7) is 6.62. The monoisotopic (exact) mass is 644 g/mol. The number of likely N-dealkylation sites (tertiary alicyclic amines) is 1. The second kappa shape index (κ2) is 18.6. The van der Waals surface area contributed by atoms with Crippen molar-refractivity contribution in [3.05, 3.63) is 42.4 Å². The second-order valence-corrected chi connectivity index (χ2v) is 11.8. The van der Waals surface area contributed by atoms with Gasteiger partial charge in [-0.15, -0.1) is 0 Å². The number of carbonyl (C=O) groups is 2. The minimum atomic E-state index is -0.0718. The first-order valence-electron chi connectivity index (χ1n) is 16.4. The van der Waals surface area contributed by atoms with Gasteiger partial charge in [-0.25, -0.2) is 14.6 Å². The van der Waals surface area contributed by atoms with Crippen LogP contribution in [0.5, 0.6) is 0 Å². The standard InChI is InChI=1S/C34H48N10O3/c1-5-15-35-31-27(23-38-34(41-31)40-29-22-28-24-39-44(20-21-47-4)32(28)37-25-29)11-7-6-8-16-36-33(46)26-12-9-18-43(19-14-26)30(45)13-10-17-42(2)3/h10,13,22-26H,5-6,8-9,12,14-21H2,1-4H3,(H,36,46)(H2,35,38,40,41)/b13-10+/t26-/m0/s1. The van der Waals surface area contributed by atoms with E-state index in [4.69, 9.17) is 4.74 Å². The first kappa shape index (κ1) is 35.3.